The second kappa shape index (κ2) is 5.83. The van der Waals surface area contributed by atoms with Crippen molar-refractivity contribution in [3.8, 4) is 5.75 Å². The maximum absolute atomic E-state index is 6.47. The topological polar surface area (TPSA) is 12.5 Å². The first-order valence-electron chi connectivity index (χ1n) is 5.78. The first-order chi connectivity index (χ1) is 8.72. The molecule has 18 heavy (non-hydrogen) atoms. The highest BCUT2D eigenvalue weighted by Gasteiger charge is 2.20. The average molecular weight is 260 g/mol. The summed E-state index contributed by atoms with van der Waals surface area (Å²) in [5.74, 6) is 0.830. The minimum atomic E-state index is -0.196. The zero-order chi connectivity index (χ0) is 13.0. The fourth-order valence-corrected chi connectivity index (χ4v) is 2.05. The predicted molar refractivity (Wildman–Crippen MR) is 79.1 cm³/mol. The minimum Gasteiger partial charge on any atom is -0.497 e. The number of ether oxygens (including phenoxy) is 1. The zero-order valence-corrected chi connectivity index (χ0v) is 11.3. The maximum atomic E-state index is 6.47. The van der Waals surface area contributed by atoms with Gasteiger partial charge >= 0.3 is 6.26 Å². The highest BCUT2D eigenvalue weighted by molar-refractivity contribution is 7.16. The fourth-order valence-electron chi connectivity index (χ4n) is 1.80. The third-order valence-corrected chi connectivity index (χ3v) is 3.42. The van der Waals surface area contributed by atoms with Gasteiger partial charge < -0.3 is 9.55 Å². The Bertz CT molecular complexity index is 506. The summed E-state index contributed by atoms with van der Waals surface area (Å²) in [5, 5.41) is 0. The molecule has 0 bridgehead atoms. The molecule has 2 aromatic rings. The van der Waals surface area contributed by atoms with Gasteiger partial charge in [0.05, 0.1) is 7.11 Å². The van der Waals surface area contributed by atoms with Crippen LogP contribution in [0.3, 0.4) is 0 Å². The number of benzene rings is 2. The summed E-state index contributed by atoms with van der Waals surface area (Å²) in [4.78, 5) is 2.01. The monoisotopic (exact) mass is 259 g/mol. The Morgan fingerprint density at radius 1 is 1.06 bits per heavy atom. The Morgan fingerprint density at radius 2 is 1.78 bits per heavy atom. The molecule has 0 atom stereocenters. The van der Waals surface area contributed by atoms with Crippen molar-refractivity contribution in [2.45, 2.75) is 0 Å². The van der Waals surface area contributed by atoms with E-state index in [-0.39, 0.29) is 6.26 Å². The van der Waals surface area contributed by atoms with Crippen molar-refractivity contribution in [2.75, 3.05) is 19.0 Å². The van der Waals surface area contributed by atoms with Crippen LogP contribution in [0.4, 0.5) is 5.69 Å². The second-order valence-electron chi connectivity index (χ2n) is 4.06. The maximum Gasteiger partial charge on any atom is 0.395 e. The Kier molecular flexibility index (Phi) is 4.16. The van der Waals surface area contributed by atoms with Gasteiger partial charge in [0.1, 0.15) is 5.75 Å². The van der Waals surface area contributed by atoms with Crippen LogP contribution in [-0.2, 0) is 0 Å². The minimum absolute atomic E-state index is 0.196. The van der Waals surface area contributed by atoms with Gasteiger partial charge in [0.25, 0.3) is 0 Å². The Hall–Kier alpha value is -1.61. The van der Waals surface area contributed by atoms with Gasteiger partial charge in [0.2, 0.25) is 0 Å². The first kappa shape index (κ1) is 12.8. The number of methoxy groups -OCH3 is 1. The largest absolute Gasteiger partial charge is 0.497 e. The van der Waals surface area contributed by atoms with Gasteiger partial charge in [0.15, 0.2) is 0 Å². The van der Waals surface area contributed by atoms with E-state index >= 15 is 0 Å². The lowest BCUT2D eigenvalue weighted by molar-refractivity contribution is 0.415. The lowest BCUT2D eigenvalue weighted by Crippen LogP contribution is -2.41. The molecule has 92 valence electrons. The quantitative estimate of drug-likeness (QED) is 0.783. The van der Waals surface area contributed by atoms with Crippen molar-refractivity contribution >= 4 is 28.9 Å². The van der Waals surface area contributed by atoms with Crippen LogP contribution in [0.25, 0.3) is 0 Å². The third kappa shape index (κ3) is 2.80. The summed E-state index contributed by atoms with van der Waals surface area (Å²) in [5.41, 5.74) is 2.10. The highest BCUT2D eigenvalue weighted by Crippen LogP contribution is 2.21. The van der Waals surface area contributed by atoms with Crippen molar-refractivity contribution in [2.24, 2.45) is 0 Å². The van der Waals surface area contributed by atoms with E-state index in [1.54, 1.807) is 7.11 Å². The van der Waals surface area contributed by atoms with Crippen LogP contribution in [0, 0.1) is 0 Å². The van der Waals surface area contributed by atoms with Crippen molar-refractivity contribution in [3.63, 3.8) is 0 Å². The molecular weight excluding hydrogens is 244 g/mol. The van der Waals surface area contributed by atoms with Gasteiger partial charge in [-0.25, -0.2) is 0 Å². The summed E-state index contributed by atoms with van der Waals surface area (Å²) in [6, 6.07) is 17.9. The molecule has 0 amide bonds. The molecule has 0 N–H and O–H groups in total. The number of hydrogen-bond acceptors (Lipinski definition) is 2. The molecule has 2 rings (SSSR count). The van der Waals surface area contributed by atoms with Gasteiger partial charge in [-0.2, -0.15) is 11.5 Å². The number of nitrogens with zero attached hydrogens (tertiary/aromatic N) is 1. The summed E-state index contributed by atoms with van der Waals surface area (Å²) in [6.45, 7) is 0. The molecule has 0 saturated carbocycles. The number of halogens is 1. The average Bonchev–Trinajstić information content (AvgIpc) is 2.46. The fraction of sp³-hybridized carbons (Fsp3) is 0.143. The molecule has 0 unspecified atom stereocenters. The van der Waals surface area contributed by atoms with E-state index in [2.05, 4.69) is 0 Å². The van der Waals surface area contributed by atoms with E-state index in [0.29, 0.717) is 0 Å². The molecule has 0 fully saturated rings. The summed E-state index contributed by atoms with van der Waals surface area (Å²) >= 11 is 6.47. The molecule has 0 spiro atoms. The Balaban J connectivity index is 2.22. The molecule has 0 saturated heterocycles. The van der Waals surface area contributed by atoms with Crippen LogP contribution < -0.4 is 15.0 Å². The van der Waals surface area contributed by atoms with Crippen LogP contribution in [0.5, 0.6) is 5.75 Å². The molecule has 0 aliphatic carbocycles. The van der Waals surface area contributed by atoms with E-state index in [0.717, 1.165) is 16.9 Å². The van der Waals surface area contributed by atoms with Crippen molar-refractivity contribution in [1.82, 2.24) is 0 Å². The molecule has 0 aromatic heterocycles. The molecule has 0 radical (unpaired) electrons. The van der Waals surface area contributed by atoms with Crippen LogP contribution >= 0.6 is 11.5 Å². The number of anilines is 1. The van der Waals surface area contributed by atoms with Crippen molar-refractivity contribution < 1.29 is 4.74 Å². The third-order valence-electron chi connectivity index (χ3n) is 2.88. The van der Waals surface area contributed by atoms with Crippen LogP contribution in [-0.4, -0.2) is 20.4 Å². The Morgan fingerprint density at radius 3 is 2.44 bits per heavy atom. The van der Waals surface area contributed by atoms with Crippen LogP contribution in [0.15, 0.2) is 54.6 Å². The van der Waals surface area contributed by atoms with E-state index in [9.17, 15) is 0 Å². The molecule has 4 heteroatoms. The predicted octanol–water partition coefficient (Wildman–Crippen LogP) is 2.77. The molecule has 2 nitrogen and oxygen atoms in total. The Labute approximate surface area is 113 Å². The smallest absolute Gasteiger partial charge is 0.395 e. The second-order valence-corrected chi connectivity index (χ2v) is 4.47. The molecule has 0 heterocycles. The van der Waals surface area contributed by atoms with Gasteiger partial charge in [0, 0.05) is 11.8 Å². The van der Waals surface area contributed by atoms with E-state index in [1.807, 2.05) is 66.5 Å². The van der Waals surface area contributed by atoms with Crippen LogP contribution in [0.1, 0.15) is 0 Å². The van der Waals surface area contributed by atoms with Gasteiger partial charge in [-0.15, -0.1) is 0 Å². The number of rotatable bonds is 4. The first-order valence-corrected chi connectivity index (χ1v) is 6.22. The molecule has 0 aliphatic rings. The van der Waals surface area contributed by atoms with Crippen molar-refractivity contribution in [1.29, 1.82) is 0 Å². The summed E-state index contributed by atoms with van der Waals surface area (Å²) in [7, 11) is 3.63. The molecule has 0 aliphatic heterocycles. The summed E-state index contributed by atoms with van der Waals surface area (Å²) < 4.78 is 5.22. The zero-order valence-electron chi connectivity index (χ0n) is 10.5. The van der Waals surface area contributed by atoms with E-state index in [4.69, 9.17) is 16.2 Å². The van der Waals surface area contributed by atoms with Crippen LogP contribution in [0.2, 0.25) is 0 Å². The van der Waals surface area contributed by atoms with Gasteiger partial charge in [-0.05, 0) is 24.6 Å². The standard InChI is InChI=1S/C14H15BClNO/c1-17(13-9-6-10-14(11-13)18-2)15(16)12-7-4-3-5-8-12/h3-11H,1-2H3. The lowest BCUT2D eigenvalue weighted by atomic mass is 9.78. The van der Waals surface area contributed by atoms with Gasteiger partial charge in [-0.3, -0.25) is 0 Å². The molecular formula is C14H15BClNO. The SMILES string of the molecule is COc1cccc(N(C)B(Cl)c2ccccc2)c1. The van der Waals surface area contributed by atoms with E-state index in [1.165, 1.54) is 0 Å². The highest BCUT2D eigenvalue weighted by atomic mass is 35.5. The summed E-state index contributed by atoms with van der Waals surface area (Å²) in [6.07, 6.45) is -0.196. The van der Waals surface area contributed by atoms with Gasteiger partial charge in [-0.1, -0.05) is 36.4 Å². The molecule has 2 aromatic carbocycles. The normalized spacial score (nSPS) is 9.94. The van der Waals surface area contributed by atoms with Crippen molar-refractivity contribution in [3.05, 3.63) is 54.6 Å². The van der Waals surface area contributed by atoms with E-state index < -0.39 is 0 Å². The lowest BCUT2D eigenvalue weighted by Gasteiger charge is -2.23. The number of hydrogen-bond donors (Lipinski definition) is 0.